The van der Waals surface area contributed by atoms with Crippen LogP contribution in [-0.4, -0.2) is 25.6 Å². The number of hydrogen-bond acceptors (Lipinski definition) is 5. The summed E-state index contributed by atoms with van der Waals surface area (Å²) in [6.45, 7) is 0.126. The Hall–Kier alpha value is -1.95. The first-order chi connectivity index (χ1) is 9.19. The smallest absolute Gasteiger partial charge is 0.161 e. The first-order valence-electron chi connectivity index (χ1n) is 5.88. The van der Waals surface area contributed by atoms with Crippen LogP contribution >= 0.6 is 11.6 Å². The van der Waals surface area contributed by atoms with Gasteiger partial charge in [0.15, 0.2) is 11.6 Å². The number of nitrogens with zero attached hydrogens (tertiary/aromatic N) is 1. The third-order valence-corrected chi connectivity index (χ3v) is 3.30. The van der Waals surface area contributed by atoms with Crippen LogP contribution in [0.5, 0.6) is 0 Å². The van der Waals surface area contributed by atoms with E-state index in [9.17, 15) is 4.39 Å². The number of hydrogen-bond donors (Lipinski definition) is 4. The second-order valence-electron chi connectivity index (χ2n) is 4.27. The van der Waals surface area contributed by atoms with Crippen LogP contribution in [0.25, 0.3) is 0 Å². The Morgan fingerprint density at radius 1 is 1.42 bits per heavy atom. The zero-order valence-corrected chi connectivity index (χ0v) is 11.0. The van der Waals surface area contributed by atoms with E-state index in [0.29, 0.717) is 10.9 Å². The van der Waals surface area contributed by atoms with Crippen LogP contribution in [0, 0.1) is 0 Å². The van der Waals surface area contributed by atoms with E-state index in [4.69, 9.17) is 11.6 Å². The van der Waals surface area contributed by atoms with Crippen LogP contribution in [-0.2, 0) is 0 Å². The van der Waals surface area contributed by atoms with E-state index < -0.39 is 0 Å². The van der Waals surface area contributed by atoms with Crippen LogP contribution in [0.3, 0.4) is 0 Å². The lowest BCUT2D eigenvalue weighted by Gasteiger charge is -2.22. The van der Waals surface area contributed by atoms with Gasteiger partial charge in [0.25, 0.3) is 0 Å². The number of rotatable bonds is 2. The first kappa shape index (κ1) is 12.1. The quantitative estimate of drug-likeness (QED) is 0.604. The minimum Gasteiger partial charge on any atom is -0.371 e. The second-order valence-corrected chi connectivity index (χ2v) is 4.71. The molecular weight excluding hydrogens is 269 g/mol. The number of allylic oxidation sites excluding steroid dienone is 2. The molecule has 19 heavy (non-hydrogen) atoms. The molecule has 0 aromatic heterocycles. The number of halogens is 2. The molecule has 3 aliphatic rings. The molecule has 1 unspecified atom stereocenters. The van der Waals surface area contributed by atoms with Gasteiger partial charge in [0.1, 0.15) is 12.0 Å². The van der Waals surface area contributed by atoms with Crippen molar-refractivity contribution in [2.24, 2.45) is 4.99 Å². The molecule has 5 nitrogen and oxygen atoms in total. The molecule has 0 saturated carbocycles. The van der Waals surface area contributed by atoms with Crippen LogP contribution < -0.4 is 21.3 Å². The van der Waals surface area contributed by atoms with Crippen molar-refractivity contribution >= 4 is 17.4 Å². The fourth-order valence-corrected chi connectivity index (χ4v) is 2.34. The summed E-state index contributed by atoms with van der Waals surface area (Å²) in [4.78, 5) is 4.24. The molecule has 0 aromatic rings. The highest BCUT2D eigenvalue weighted by Gasteiger charge is 2.29. The van der Waals surface area contributed by atoms with Crippen LogP contribution in [0.1, 0.15) is 0 Å². The van der Waals surface area contributed by atoms with Crippen molar-refractivity contribution in [1.29, 1.82) is 0 Å². The predicted molar refractivity (Wildman–Crippen MR) is 72.8 cm³/mol. The average Bonchev–Trinajstić information content (AvgIpc) is 2.82. The van der Waals surface area contributed by atoms with Crippen LogP contribution in [0.2, 0.25) is 0 Å². The van der Waals surface area contributed by atoms with E-state index in [0.717, 1.165) is 11.1 Å². The van der Waals surface area contributed by atoms with E-state index in [-0.39, 0.29) is 24.4 Å². The Morgan fingerprint density at radius 3 is 3.00 bits per heavy atom. The second kappa shape index (κ2) is 4.62. The van der Waals surface area contributed by atoms with Crippen LogP contribution in [0.4, 0.5) is 4.39 Å². The van der Waals surface area contributed by atoms with Gasteiger partial charge in [0, 0.05) is 30.6 Å². The summed E-state index contributed by atoms with van der Waals surface area (Å²) in [5.74, 6) is 0.576. The summed E-state index contributed by atoms with van der Waals surface area (Å²) in [6, 6.07) is 0. The summed E-state index contributed by atoms with van der Waals surface area (Å²) in [5.41, 5.74) is 1.86. The van der Waals surface area contributed by atoms with Gasteiger partial charge in [0.2, 0.25) is 0 Å². The molecule has 0 radical (unpaired) electrons. The topological polar surface area (TPSA) is 60.5 Å². The van der Waals surface area contributed by atoms with Gasteiger partial charge < -0.3 is 21.3 Å². The van der Waals surface area contributed by atoms with Gasteiger partial charge >= 0.3 is 0 Å². The highest BCUT2D eigenvalue weighted by molar-refractivity contribution is 6.31. The number of aliphatic imine (C=N–C) groups is 1. The van der Waals surface area contributed by atoms with Gasteiger partial charge in [-0.3, -0.25) is 0 Å². The molecule has 7 heteroatoms. The van der Waals surface area contributed by atoms with Gasteiger partial charge in [-0.1, -0.05) is 11.6 Å². The van der Waals surface area contributed by atoms with Gasteiger partial charge in [-0.25, -0.2) is 9.38 Å². The predicted octanol–water partition coefficient (Wildman–Crippen LogP) is 0.769. The molecule has 4 N–H and O–H groups in total. The molecule has 100 valence electrons. The standard InChI is InChI=1S/C12H13ClFN5/c1-15-12-9(14)5-18-11(19-12)8-4-17-10-7(8)2-6(13)3-16-10/h2-4,10,15-17H,5H2,1H3,(H,18,19). The average molecular weight is 282 g/mol. The molecule has 3 rings (SSSR count). The lowest BCUT2D eigenvalue weighted by Crippen LogP contribution is -2.38. The van der Waals surface area contributed by atoms with Gasteiger partial charge in [-0.05, 0) is 6.08 Å². The maximum absolute atomic E-state index is 13.5. The van der Waals surface area contributed by atoms with Crippen molar-refractivity contribution < 1.29 is 4.39 Å². The van der Waals surface area contributed by atoms with Crippen molar-refractivity contribution in [3.05, 3.63) is 46.3 Å². The van der Waals surface area contributed by atoms with E-state index in [1.165, 1.54) is 0 Å². The number of dihydropyridines is 1. The molecule has 1 atom stereocenters. The Kier molecular flexibility index (Phi) is 2.94. The largest absolute Gasteiger partial charge is 0.371 e. The highest BCUT2D eigenvalue weighted by Crippen LogP contribution is 2.26. The summed E-state index contributed by atoms with van der Waals surface area (Å²) >= 11 is 5.99. The molecular formula is C12H13ClFN5. The zero-order chi connectivity index (χ0) is 13.4. The Morgan fingerprint density at radius 2 is 2.21 bits per heavy atom. The summed E-state index contributed by atoms with van der Waals surface area (Å²) in [7, 11) is 1.65. The van der Waals surface area contributed by atoms with E-state index in [1.807, 2.05) is 12.3 Å². The lowest BCUT2D eigenvalue weighted by molar-refractivity contribution is 0.570. The zero-order valence-electron chi connectivity index (χ0n) is 10.2. The minimum atomic E-state index is -0.303. The van der Waals surface area contributed by atoms with Gasteiger partial charge in [-0.2, -0.15) is 0 Å². The monoisotopic (exact) mass is 281 g/mol. The van der Waals surface area contributed by atoms with E-state index >= 15 is 0 Å². The number of amidine groups is 1. The molecule has 0 saturated heterocycles. The van der Waals surface area contributed by atoms with Gasteiger partial charge in [0.05, 0.1) is 11.6 Å². The number of fused-ring (bicyclic) bond motifs is 1. The first-order valence-corrected chi connectivity index (χ1v) is 6.26. The Labute approximate surface area is 115 Å². The summed E-state index contributed by atoms with van der Waals surface area (Å²) in [5, 5.41) is 12.6. The number of nitrogens with one attached hydrogen (secondary N) is 4. The normalized spacial score (nSPS) is 25.1. The van der Waals surface area contributed by atoms with E-state index in [2.05, 4.69) is 26.3 Å². The third kappa shape index (κ3) is 2.08. The minimum absolute atomic E-state index is 0.0178. The highest BCUT2D eigenvalue weighted by atomic mass is 35.5. The van der Waals surface area contributed by atoms with Crippen LogP contribution in [0.15, 0.2) is 51.3 Å². The fourth-order valence-electron chi connectivity index (χ4n) is 2.16. The molecule has 0 spiro atoms. The maximum atomic E-state index is 13.5. The Bertz CT molecular complexity index is 573. The molecule has 0 aromatic carbocycles. The summed E-state index contributed by atoms with van der Waals surface area (Å²) in [6.07, 6.45) is 5.42. The molecule has 3 aliphatic heterocycles. The molecule has 0 fully saturated rings. The summed E-state index contributed by atoms with van der Waals surface area (Å²) < 4.78 is 13.5. The third-order valence-electron chi connectivity index (χ3n) is 3.08. The molecule has 3 heterocycles. The van der Waals surface area contributed by atoms with Gasteiger partial charge in [-0.15, -0.1) is 0 Å². The molecule has 0 aliphatic carbocycles. The Balaban J connectivity index is 1.94. The van der Waals surface area contributed by atoms with Crippen molar-refractivity contribution in [2.75, 3.05) is 13.6 Å². The van der Waals surface area contributed by atoms with Crippen molar-refractivity contribution in [3.63, 3.8) is 0 Å². The fraction of sp³-hybridized carbons (Fsp3) is 0.250. The molecule has 0 bridgehead atoms. The SMILES string of the molecule is CNC1=C(F)CNC(C2=CNC3NC=C(Cl)C=C23)=N1. The molecule has 0 amide bonds. The van der Waals surface area contributed by atoms with Crippen molar-refractivity contribution in [2.45, 2.75) is 6.17 Å². The van der Waals surface area contributed by atoms with Crippen molar-refractivity contribution in [1.82, 2.24) is 21.3 Å². The lowest BCUT2D eigenvalue weighted by atomic mass is 10.0. The van der Waals surface area contributed by atoms with E-state index in [1.54, 1.807) is 13.2 Å². The van der Waals surface area contributed by atoms with Crippen molar-refractivity contribution in [3.8, 4) is 0 Å². The maximum Gasteiger partial charge on any atom is 0.161 e.